The normalized spacial score (nSPS) is 15.3. The first-order chi connectivity index (χ1) is 11.2. The highest BCUT2D eigenvalue weighted by Crippen LogP contribution is 2.21. The third-order valence-electron chi connectivity index (χ3n) is 4.12. The van der Waals surface area contributed by atoms with Crippen LogP contribution in [0.4, 0.5) is 5.95 Å². The molecule has 7 nitrogen and oxygen atoms in total. The first kappa shape index (κ1) is 17.2. The highest BCUT2D eigenvalue weighted by molar-refractivity contribution is 5.81. The zero-order chi connectivity index (χ0) is 16.7. The molecular weight excluding hydrogens is 296 g/mol. The highest BCUT2D eigenvalue weighted by atomic mass is 16.5. The van der Waals surface area contributed by atoms with Crippen LogP contribution in [-0.4, -0.2) is 59.5 Å². The highest BCUT2D eigenvalue weighted by Gasteiger charge is 2.27. The monoisotopic (exact) mass is 320 g/mol. The van der Waals surface area contributed by atoms with E-state index in [1.165, 1.54) is 0 Å². The Balaban J connectivity index is 1.76. The summed E-state index contributed by atoms with van der Waals surface area (Å²) in [5.74, 6) is 0.119. The van der Waals surface area contributed by atoms with Crippen molar-refractivity contribution in [1.82, 2.24) is 14.9 Å². The lowest BCUT2D eigenvalue weighted by Gasteiger charge is -2.30. The maximum Gasteiger partial charge on any atom is 0.309 e. The first-order valence-corrected chi connectivity index (χ1v) is 8.12. The fourth-order valence-electron chi connectivity index (χ4n) is 2.69. The summed E-state index contributed by atoms with van der Waals surface area (Å²) in [5.41, 5.74) is 0. The average Bonchev–Trinajstić information content (AvgIpc) is 2.61. The average molecular weight is 320 g/mol. The molecule has 2 rings (SSSR count). The van der Waals surface area contributed by atoms with E-state index < -0.39 is 0 Å². The Kier molecular flexibility index (Phi) is 6.31. The summed E-state index contributed by atoms with van der Waals surface area (Å²) in [7, 11) is 0. The number of hydrogen-bond acceptors (Lipinski definition) is 6. The van der Waals surface area contributed by atoms with Gasteiger partial charge in [-0.1, -0.05) is 0 Å². The zero-order valence-corrected chi connectivity index (χ0v) is 13.8. The molecule has 23 heavy (non-hydrogen) atoms. The van der Waals surface area contributed by atoms with Gasteiger partial charge < -0.3 is 14.5 Å². The molecule has 7 heteroatoms. The summed E-state index contributed by atoms with van der Waals surface area (Å²) < 4.78 is 5.19. The van der Waals surface area contributed by atoms with Gasteiger partial charge in [0.25, 0.3) is 5.91 Å². The van der Waals surface area contributed by atoms with E-state index >= 15 is 0 Å². The zero-order valence-electron chi connectivity index (χ0n) is 13.8. The van der Waals surface area contributed by atoms with E-state index in [1.54, 1.807) is 23.4 Å². The van der Waals surface area contributed by atoms with Crippen molar-refractivity contribution in [2.45, 2.75) is 26.7 Å². The summed E-state index contributed by atoms with van der Waals surface area (Å²) in [6.45, 7) is 6.34. The van der Waals surface area contributed by atoms with Gasteiger partial charge in [-0.25, -0.2) is 9.97 Å². The van der Waals surface area contributed by atoms with Crippen LogP contribution in [0, 0.1) is 5.92 Å². The molecule has 0 spiro atoms. The number of likely N-dealkylation sites (N-methyl/N-ethyl adjacent to an activating group) is 1. The molecule has 1 saturated heterocycles. The number of hydrogen-bond donors (Lipinski definition) is 0. The topological polar surface area (TPSA) is 75.6 Å². The van der Waals surface area contributed by atoms with E-state index in [0.717, 1.165) is 0 Å². The van der Waals surface area contributed by atoms with Crippen LogP contribution < -0.4 is 4.90 Å². The summed E-state index contributed by atoms with van der Waals surface area (Å²) in [5, 5.41) is 0. The second-order valence-corrected chi connectivity index (χ2v) is 5.48. The number of piperidine rings is 1. The molecule has 1 aromatic rings. The van der Waals surface area contributed by atoms with Crippen molar-refractivity contribution in [3.8, 4) is 0 Å². The minimum absolute atomic E-state index is 0.140. The Labute approximate surface area is 136 Å². The van der Waals surface area contributed by atoms with E-state index in [4.69, 9.17) is 4.74 Å². The van der Waals surface area contributed by atoms with Gasteiger partial charge in [0.1, 0.15) is 0 Å². The number of carbonyl (C=O) groups excluding carboxylic acids is 2. The fraction of sp³-hybridized carbons (Fsp3) is 0.625. The number of amides is 1. The van der Waals surface area contributed by atoms with Crippen LogP contribution in [0.2, 0.25) is 0 Å². The molecule has 126 valence electrons. The second-order valence-electron chi connectivity index (χ2n) is 5.48. The van der Waals surface area contributed by atoms with Crippen molar-refractivity contribution in [2.75, 3.05) is 37.7 Å². The lowest BCUT2D eigenvalue weighted by Crippen LogP contribution is -2.39. The van der Waals surface area contributed by atoms with E-state index in [0.29, 0.717) is 45.0 Å². The number of anilines is 1. The lowest BCUT2D eigenvalue weighted by molar-refractivity contribution is -0.156. The second kappa shape index (κ2) is 8.45. The van der Waals surface area contributed by atoms with Crippen LogP contribution in [-0.2, 0) is 14.3 Å². The molecule has 0 radical (unpaired) electrons. The summed E-state index contributed by atoms with van der Waals surface area (Å²) in [4.78, 5) is 36.1. The maximum absolute atomic E-state index is 12.1. The van der Waals surface area contributed by atoms with E-state index in [9.17, 15) is 9.59 Å². The Morgan fingerprint density at radius 1 is 1.22 bits per heavy atom. The molecule has 1 fully saturated rings. The van der Waals surface area contributed by atoms with Crippen LogP contribution in [0.1, 0.15) is 26.7 Å². The summed E-state index contributed by atoms with van der Waals surface area (Å²) in [6.07, 6.45) is 4.80. The van der Waals surface area contributed by atoms with Crippen LogP contribution in [0.25, 0.3) is 0 Å². The predicted octanol–water partition coefficient (Wildman–Crippen LogP) is 1.10. The molecule has 1 aliphatic heterocycles. The lowest BCUT2D eigenvalue weighted by atomic mass is 9.97. The molecule has 1 aromatic heterocycles. The van der Waals surface area contributed by atoms with Crippen LogP contribution >= 0.6 is 0 Å². The molecular formula is C16H24N4O3. The molecule has 0 bridgehead atoms. The van der Waals surface area contributed by atoms with E-state index in [-0.39, 0.29) is 24.4 Å². The van der Waals surface area contributed by atoms with Crippen molar-refractivity contribution in [3.05, 3.63) is 18.5 Å². The molecule has 0 saturated carbocycles. The van der Waals surface area contributed by atoms with Crippen molar-refractivity contribution >= 4 is 17.8 Å². The molecule has 0 N–H and O–H groups in total. The van der Waals surface area contributed by atoms with Gasteiger partial charge in [-0.2, -0.15) is 0 Å². The van der Waals surface area contributed by atoms with Gasteiger partial charge in [0, 0.05) is 38.6 Å². The summed E-state index contributed by atoms with van der Waals surface area (Å²) >= 11 is 0. The van der Waals surface area contributed by atoms with Crippen molar-refractivity contribution < 1.29 is 14.3 Å². The molecule has 0 aliphatic carbocycles. The van der Waals surface area contributed by atoms with Gasteiger partial charge >= 0.3 is 5.97 Å². The molecule has 1 aliphatic rings. The Morgan fingerprint density at radius 2 is 1.83 bits per heavy atom. The van der Waals surface area contributed by atoms with Crippen LogP contribution in [0.5, 0.6) is 0 Å². The van der Waals surface area contributed by atoms with Gasteiger partial charge in [-0.15, -0.1) is 0 Å². The van der Waals surface area contributed by atoms with Gasteiger partial charge in [0.2, 0.25) is 5.95 Å². The SMILES string of the molecule is CCN(CC)C(=O)COC(=O)C1CCN(c2ncccn2)CC1. The summed E-state index contributed by atoms with van der Waals surface area (Å²) in [6, 6.07) is 1.78. The molecule has 2 heterocycles. The quantitative estimate of drug-likeness (QED) is 0.731. The maximum atomic E-state index is 12.1. The predicted molar refractivity (Wildman–Crippen MR) is 85.9 cm³/mol. The molecule has 1 amide bonds. The minimum Gasteiger partial charge on any atom is -0.455 e. The van der Waals surface area contributed by atoms with Crippen LogP contribution in [0.15, 0.2) is 18.5 Å². The first-order valence-electron chi connectivity index (χ1n) is 8.12. The molecule has 0 aromatic carbocycles. The Bertz CT molecular complexity index is 511. The number of ether oxygens (including phenoxy) is 1. The molecule has 0 unspecified atom stereocenters. The number of rotatable bonds is 6. The fourth-order valence-corrected chi connectivity index (χ4v) is 2.69. The van der Waals surface area contributed by atoms with Crippen molar-refractivity contribution in [2.24, 2.45) is 5.92 Å². The number of carbonyl (C=O) groups is 2. The molecule has 0 atom stereocenters. The smallest absolute Gasteiger partial charge is 0.309 e. The minimum atomic E-state index is -0.279. The van der Waals surface area contributed by atoms with Crippen molar-refractivity contribution in [3.63, 3.8) is 0 Å². The number of nitrogens with zero attached hydrogens (tertiary/aromatic N) is 4. The Morgan fingerprint density at radius 3 is 2.39 bits per heavy atom. The third kappa shape index (κ3) is 4.64. The van der Waals surface area contributed by atoms with Gasteiger partial charge in [-0.05, 0) is 32.8 Å². The van der Waals surface area contributed by atoms with E-state index in [2.05, 4.69) is 14.9 Å². The Hall–Kier alpha value is -2.18. The third-order valence-corrected chi connectivity index (χ3v) is 4.12. The van der Waals surface area contributed by atoms with Gasteiger partial charge in [0.05, 0.1) is 5.92 Å². The van der Waals surface area contributed by atoms with Gasteiger partial charge in [0.15, 0.2) is 6.61 Å². The van der Waals surface area contributed by atoms with Crippen molar-refractivity contribution in [1.29, 1.82) is 0 Å². The standard InChI is InChI=1S/C16H24N4O3/c1-3-19(4-2)14(21)12-23-15(22)13-6-10-20(11-7-13)16-17-8-5-9-18-16/h5,8-9,13H,3-4,6-7,10-12H2,1-2H3. The number of aromatic nitrogens is 2. The van der Waals surface area contributed by atoms with Gasteiger partial charge in [-0.3, -0.25) is 9.59 Å². The largest absolute Gasteiger partial charge is 0.455 e. The number of esters is 1. The van der Waals surface area contributed by atoms with Crippen LogP contribution in [0.3, 0.4) is 0 Å². The van der Waals surface area contributed by atoms with E-state index in [1.807, 2.05) is 13.8 Å².